The van der Waals surface area contributed by atoms with Crippen LogP contribution < -0.4 is 5.32 Å². The van der Waals surface area contributed by atoms with Gasteiger partial charge in [-0.1, -0.05) is 0 Å². The quantitative estimate of drug-likeness (QED) is 0.844. The number of hydrogen-bond donors (Lipinski definition) is 1. The number of carbonyl (C=O) groups is 2. The minimum atomic E-state index is -0.0537. The SMILES string of the molecule is CC(=O)N1CCC[C@@H](C(=O)NCCCc2nc(C)c(C)s2)C1. The third-order valence-electron chi connectivity index (χ3n) is 4.18. The molecule has 1 aliphatic rings. The van der Waals surface area contributed by atoms with Crippen LogP contribution in [0.15, 0.2) is 0 Å². The molecule has 0 radical (unpaired) electrons. The van der Waals surface area contributed by atoms with E-state index in [0.29, 0.717) is 13.1 Å². The molecule has 0 saturated carbocycles. The molecule has 1 fully saturated rings. The lowest BCUT2D eigenvalue weighted by atomic mass is 9.97. The van der Waals surface area contributed by atoms with Crippen molar-refractivity contribution in [3.05, 3.63) is 15.6 Å². The Kier molecular flexibility index (Phi) is 5.94. The van der Waals surface area contributed by atoms with Crippen LogP contribution in [-0.2, 0) is 16.0 Å². The minimum Gasteiger partial charge on any atom is -0.356 e. The molecular formula is C16H25N3O2S. The first-order valence-electron chi connectivity index (χ1n) is 7.93. The standard InChI is InChI=1S/C16H25N3O2S/c1-11-12(2)22-15(18-11)7-4-8-17-16(21)14-6-5-9-19(10-14)13(3)20/h14H,4-10H2,1-3H3,(H,17,21)/t14-/m1/s1. The molecule has 1 aromatic rings. The van der Waals surface area contributed by atoms with E-state index in [0.717, 1.165) is 42.9 Å². The Bertz CT molecular complexity index is 522. The largest absolute Gasteiger partial charge is 0.356 e. The molecule has 0 bridgehead atoms. The Morgan fingerprint density at radius 3 is 2.82 bits per heavy atom. The molecule has 2 heterocycles. The van der Waals surface area contributed by atoms with Crippen LogP contribution in [0.4, 0.5) is 0 Å². The first kappa shape index (κ1) is 16.9. The summed E-state index contributed by atoms with van der Waals surface area (Å²) in [6, 6.07) is 0. The number of amides is 2. The average molecular weight is 323 g/mol. The third-order valence-corrected chi connectivity index (χ3v) is 5.31. The molecule has 0 aromatic carbocycles. The summed E-state index contributed by atoms with van der Waals surface area (Å²) in [5, 5.41) is 4.15. The molecule has 6 heteroatoms. The number of nitrogens with one attached hydrogen (secondary N) is 1. The van der Waals surface area contributed by atoms with E-state index in [1.807, 2.05) is 6.92 Å². The number of thiazole rings is 1. The van der Waals surface area contributed by atoms with Crippen molar-refractivity contribution >= 4 is 23.2 Å². The molecule has 0 unspecified atom stereocenters. The number of nitrogens with zero attached hydrogens (tertiary/aromatic N) is 2. The molecule has 1 aromatic heterocycles. The summed E-state index contributed by atoms with van der Waals surface area (Å²) in [7, 11) is 0. The molecule has 2 amide bonds. The van der Waals surface area contributed by atoms with Crippen LogP contribution in [0.2, 0.25) is 0 Å². The zero-order valence-corrected chi connectivity index (χ0v) is 14.5. The number of hydrogen-bond acceptors (Lipinski definition) is 4. The molecule has 2 rings (SSSR count). The number of piperidine rings is 1. The smallest absolute Gasteiger partial charge is 0.224 e. The highest BCUT2D eigenvalue weighted by Gasteiger charge is 2.26. The molecule has 1 atom stereocenters. The second-order valence-corrected chi connectivity index (χ2v) is 7.24. The summed E-state index contributed by atoms with van der Waals surface area (Å²) in [5.74, 6) is 0.0893. The first-order valence-corrected chi connectivity index (χ1v) is 8.75. The molecule has 0 aliphatic carbocycles. The topological polar surface area (TPSA) is 62.3 Å². The third kappa shape index (κ3) is 4.53. The highest BCUT2D eigenvalue weighted by molar-refractivity contribution is 7.11. The fourth-order valence-corrected chi connectivity index (χ4v) is 3.69. The molecule has 5 nitrogen and oxygen atoms in total. The molecule has 122 valence electrons. The van der Waals surface area contributed by atoms with E-state index in [4.69, 9.17) is 0 Å². The van der Waals surface area contributed by atoms with Gasteiger partial charge in [-0.05, 0) is 33.1 Å². The number of aryl methyl sites for hydroxylation is 3. The lowest BCUT2D eigenvalue weighted by molar-refractivity contribution is -0.133. The molecule has 0 spiro atoms. The van der Waals surface area contributed by atoms with Crippen molar-refractivity contribution in [3.8, 4) is 0 Å². The fourth-order valence-electron chi connectivity index (χ4n) is 2.72. The average Bonchev–Trinajstić information content (AvgIpc) is 2.82. The second-order valence-electron chi connectivity index (χ2n) is 5.95. The van der Waals surface area contributed by atoms with E-state index in [9.17, 15) is 9.59 Å². The van der Waals surface area contributed by atoms with E-state index >= 15 is 0 Å². The van der Waals surface area contributed by atoms with Crippen molar-refractivity contribution in [1.82, 2.24) is 15.2 Å². The normalized spacial score (nSPS) is 18.3. The van der Waals surface area contributed by atoms with Crippen LogP contribution in [0.1, 0.15) is 41.8 Å². The Morgan fingerprint density at radius 2 is 2.18 bits per heavy atom. The van der Waals surface area contributed by atoms with Crippen molar-refractivity contribution in [2.45, 2.75) is 46.5 Å². The highest BCUT2D eigenvalue weighted by atomic mass is 32.1. The van der Waals surface area contributed by atoms with Crippen LogP contribution >= 0.6 is 11.3 Å². The number of likely N-dealkylation sites (tertiary alicyclic amines) is 1. The lowest BCUT2D eigenvalue weighted by Crippen LogP contribution is -2.44. The maximum atomic E-state index is 12.2. The van der Waals surface area contributed by atoms with Crippen molar-refractivity contribution in [2.24, 2.45) is 5.92 Å². The second kappa shape index (κ2) is 7.72. The van der Waals surface area contributed by atoms with Gasteiger partial charge in [0.05, 0.1) is 16.6 Å². The van der Waals surface area contributed by atoms with Gasteiger partial charge in [0.25, 0.3) is 0 Å². The minimum absolute atomic E-state index is 0.0537. The molecule has 22 heavy (non-hydrogen) atoms. The van der Waals surface area contributed by atoms with Gasteiger partial charge < -0.3 is 10.2 Å². The van der Waals surface area contributed by atoms with E-state index in [1.54, 1.807) is 23.2 Å². The zero-order chi connectivity index (χ0) is 16.1. The van der Waals surface area contributed by atoms with Gasteiger partial charge in [0.2, 0.25) is 11.8 Å². The van der Waals surface area contributed by atoms with Crippen LogP contribution in [0.25, 0.3) is 0 Å². The van der Waals surface area contributed by atoms with Crippen LogP contribution in [0.5, 0.6) is 0 Å². The number of rotatable bonds is 5. The number of aromatic nitrogens is 1. The van der Waals surface area contributed by atoms with Gasteiger partial charge in [-0.2, -0.15) is 0 Å². The molecule has 1 aliphatic heterocycles. The zero-order valence-electron chi connectivity index (χ0n) is 13.6. The Hall–Kier alpha value is -1.43. The van der Waals surface area contributed by atoms with Crippen molar-refractivity contribution in [2.75, 3.05) is 19.6 Å². The number of carbonyl (C=O) groups excluding carboxylic acids is 2. The summed E-state index contributed by atoms with van der Waals surface area (Å²) in [4.78, 5) is 31.1. The van der Waals surface area contributed by atoms with E-state index in [-0.39, 0.29) is 17.7 Å². The van der Waals surface area contributed by atoms with Gasteiger partial charge in [-0.15, -0.1) is 11.3 Å². The van der Waals surface area contributed by atoms with E-state index in [1.165, 1.54) is 4.88 Å². The van der Waals surface area contributed by atoms with Crippen LogP contribution in [-0.4, -0.2) is 41.3 Å². The summed E-state index contributed by atoms with van der Waals surface area (Å²) < 4.78 is 0. The van der Waals surface area contributed by atoms with Crippen LogP contribution in [0, 0.1) is 19.8 Å². The van der Waals surface area contributed by atoms with Crippen molar-refractivity contribution in [1.29, 1.82) is 0 Å². The predicted molar refractivity (Wildman–Crippen MR) is 87.9 cm³/mol. The van der Waals surface area contributed by atoms with Crippen LogP contribution in [0.3, 0.4) is 0 Å². The summed E-state index contributed by atoms with van der Waals surface area (Å²) in [6.45, 7) is 7.70. The molecule has 1 saturated heterocycles. The summed E-state index contributed by atoms with van der Waals surface area (Å²) in [6.07, 6.45) is 3.60. The first-order chi connectivity index (χ1) is 10.5. The van der Waals surface area contributed by atoms with Crippen molar-refractivity contribution < 1.29 is 9.59 Å². The Balaban J connectivity index is 1.70. The van der Waals surface area contributed by atoms with Gasteiger partial charge in [0.1, 0.15) is 0 Å². The summed E-state index contributed by atoms with van der Waals surface area (Å²) in [5.41, 5.74) is 1.11. The predicted octanol–water partition coefficient (Wildman–Crippen LogP) is 2.07. The van der Waals surface area contributed by atoms with E-state index < -0.39 is 0 Å². The monoisotopic (exact) mass is 323 g/mol. The fraction of sp³-hybridized carbons (Fsp3) is 0.688. The van der Waals surface area contributed by atoms with Crippen molar-refractivity contribution in [3.63, 3.8) is 0 Å². The maximum Gasteiger partial charge on any atom is 0.224 e. The maximum absolute atomic E-state index is 12.2. The lowest BCUT2D eigenvalue weighted by Gasteiger charge is -2.31. The Morgan fingerprint density at radius 1 is 1.41 bits per heavy atom. The van der Waals surface area contributed by atoms with Gasteiger partial charge >= 0.3 is 0 Å². The highest BCUT2D eigenvalue weighted by Crippen LogP contribution is 2.18. The Labute approximate surface area is 136 Å². The summed E-state index contributed by atoms with van der Waals surface area (Å²) >= 11 is 1.74. The van der Waals surface area contributed by atoms with Gasteiger partial charge in [0.15, 0.2) is 0 Å². The van der Waals surface area contributed by atoms with Gasteiger partial charge in [-0.3, -0.25) is 9.59 Å². The van der Waals surface area contributed by atoms with E-state index in [2.05, 4.69) is 17.2 Å². The van der Waals surface area contributed by atoms with Gasteiger partial charge in [0, 0.05) is 37.9 Å². The molecular weight excluding hydrogens is 298 g/mol. The van der Waals surface area contributed by atoms with Gasteiger partial charge in [-0.25, -0.2) is 4.98 Å². The molecule has 1 N–H and O–H groups in total.